The fraction of sp³-hybridized carbons (Fsp3) is 0.538. The maximum atomic E-state index is 12.9. The Morgan fingerprint density at radius 1 is 1.06 bits per heavy atom. The summed E-state index contributed by atoms with van der Waals surface area (Å²) in [5.41, 5.74) is 6.75. The van der Waals surface area contributed by atoms with Crippen molar-refractivity contribution in [1.29, 1.82) is 0 Å². The third-order valence-corrected chi connectivity index (χ3v) is 7.40. The number of carbonyl (C=O) groups excluding carboxylic acids is 1. The van der Waals surface area contributed by atoms with Gasteiger partial charge in [0, 0.05) is 38.8 Å². The fourth-order valence-corrected chi connectivity index (χ4v) is 5.60. The van der Waals surface area contributed by atoms with Crippen molar-refractivity contribution in [2.24, 2.45) is 5.92 Å². The van der Waals surface area contributed by atoms with Crippen molar-refractivity contribution in [3.8, 4) is 0 Å². The van der Waals surface area contributed by atoms with Crippen molar-refractivity contribution in [1.82, 2.24) is 20.1 Å². The van der Waals surface area contributed by atoms with Crippen LogP contribution >= 0.6 is 0 Å². The number of piperidine rings is 1. The minimum absolute atomic E-state index is 0.191. The number of aromatic nitrogens is 1. The van der Waals surface area contributed by atoms with Crippen molar-refractivity contribution in [3.05, 3.63) is 64.5 Å². The fourth-order valence-electron chi connectivity index (χ4n) is 5.60. The molecule has 3 heterocycles. The lowest BCUT2D eigenvalue weighted by Crippen LogP contribution is -2.50. The Morgan fingerprint density at radius 3 is 2.65 bits per heavy atom. The van der Waals surface area contributed by atoms with E-state index in [0.717, 1.165) is 71.4 Å². The van der Waals surface area contributed by atoms with Gasteiger partial charge in [0.1, 0.15) is 0 Å². The van der Waals surface area contributed by atoms with Gasteiger partial charge in [-0.3, -0.25) is 14.7 Å². The molecule has 164 valence electrons. The summed E-state index contributed by atoms with van der Waals surface area (Å²) in [5, 5.41) is 3.40. The molecule has 5 rings (SSSR count). The van der Waals surface area contributed by atoms with E-state index in [4.69, 9.17) is 4.98 Å². The molecule has 5 nitrogen and oxygen atoms in total. The van der Waals surface area contributed by atoms with Crippen LogP contribution in [-0.2, 0) is 17.6 Å². The second-order valence-electron chi connectivity index (χ2n) is 9.47. The zero-order chi connectivity index (χ0) is 21.2. The van der Waals surface area contributed by atoms with Crippen LogP contribution < -0.4 is 5.32 Å². The Kier molecular flexibility index (Phi) is 6.06. The van der Waals surface area contributed by atoms with Gasteiger partial charge in [0.2, 0.25) is 5.91 Å². The van der Waals surface area contributed by atoms with Crippen LogP contribution in [0.5, 0.6) is 0 Å². The van der Waals surface area contributed by atoms with Crippen LogP contribution in [0.2, 0.25) is 0 Å². The van der Waals surface area contributed by atoms with E-state index in [1.54, 1.807) is 0 Å². The van der Waals surface area contributed by atoms with Crippen LogP contribution in [0, 0.1) is 12.8 Å². The smallest absolute Gasteiger partial charge is 0.222 e. The van der Waals surface area contributed by atoms with E-state index in [0.29, 0.717) is 11.8 Å². The number of nitrogens with one attached hydrogen (secondary N) is 1. The summed E-state index contributed by atoms with van der Waals surface area (Å²) < 4.78 is 0. The lowest BCUT2D eigenvalue weighted by Gasteiger charge is -2.40. The molecule has 1 unspecified atom stereocenters. The summed E-state index contributed by atoms with van der Waals surface area (Å²) in [7, 11) is 0. The Bertz CT molecular complexity index is 929. The van der Waals surface area contributed by atoms with Gasteiger partial charge in [0.15, 0.2) is 0 Å². The molecule has 2 aliphatic heterocycles. The molecule has 2 aromatic rings. The van der Waals surface area contributed by atoms with E-state index >= 15 is 0 Å². The van der Waals surface area contributed by atoms with Crippen LogP contribution in [0.3, 0.4) is 0 Å². The van der Waals surface area contributed by atoms with Gasteiger partial charge in [-0.25, -0.2) is 0 Å². The van der Waals surface area contributed by atoms with Gasteiger partial charge in [0.25, 0.3) is 0 Å². The standard InChI is InChI=1S/C26H34N4O/c1-19-4-7-23-22(17-19)6-5-21-3-2-10-28-25(21)26(23)30-15-13-29(14-16-30)24(31)18-20-8-11-27-12-9-20/h2-4,7,10,17,20,26-27H,5-6,8-9,11-16,18H2,1H3. The highest BCUT2D eigenvalue weighted by Crippen LogP contribution is 2.36. The molecule has 0 saturated carbocycles. The minimum Gasteiger partial charge on any atom is -0.340 e. The van der Waals surface area contributed by atoms with Gasteiger partial charge in [-0.05, 0) is 74.4 Å². The Balaban J connectivity index is 1.33. The van der Waals surface area contributed by atoms with Crippen LogP contribution in [-0.4, -0.2) is 60.0 Å². The number of amides is 1. The quantitative estimate of drug-likeness (QED) is 0.832. The predicted molar refractivity (Wildman–Crippen MR) is 123 cm³/mol. The van der Waals surface area contributed by atoms with Crippen molar-refractivity contribution < 1.29 is 4.79 Å². The van der Waals surface area contributed by atoms with Crippen LogP contribution in [0.4, 0.5) is 0 Å². The Morgan fingerprint density at radius 2 is 1.84 bits per heavy atom. The van der Waals surface area contributed by atoms with E-state index in [9.17, 15) is 4.79 Å². The largest absolute Gasteiger partial charge is 0.340 e. The Hall–Kier alpha value is -2.24. The van der Waals surface area contributed by atoms with E-state index in [1.807, 2.05) is 6.20 Å². The first-order chi connectivity index (χ1) is 15.2. The lowest BCUT2D eigenvalue weighted by atomic mass is 9.93. The number of carbonyl (C=O) groups is 1. The number of aryl methyl sites for hydroxylation is 3. The predicted octanol–water partition coefficient (Wildman–Crippen LogP) is 3.11. The molecule has 1 aliphatic carbocycles. The summed E-state index contributed by atoms with van der Waals surface area (Å²) >= 11 is 0. The highest BCUT2D eigenvalue weighted by Gasteiger charge is 2.33. The van der Waals surface area contributed by atoms with Gasteiger partial charge in [-0.1, -0.05) is 29.8 Å². The lowest BCUT2D eigenvalue weighted by molar-refractivity contribution is -0.134. The second-order valence-corrected chi connectivity index (χ2v) is 9.47. The zero-order valence-electron chi connectivity index (χ0n) is 18.6. The van der Waals surface area contributed by atoms with Gasteiger partial charge < -0.3 is 10.2 Å². The van der Waals surface area contributed by atoms with Crippen molar-refractivity contribution in [2.45, 2.75) is 45.1 Å². The molecule has 1 amide bonds. The average Bonchev–Trinajstić information content (AvgIpc) is 2.96. The number of benzene rings is 1. The normalized spacial score (nSPS) is 22.5. The molecule has 0 bridgehead atoms. The maximum Gasteiger partial charge on any atom is 0.222 e. The molecule has 1 aromatic heterocycles. The van der Waals surface area contributed by atoms with E-state index in [1.165, 1.54) is 27.9 Å². The van der Waals surface area contributed by atoms with Gasteiger partial charge >= 0.3 is 0 Å². The van der Waals surface area contributed by atoms with Crippen LogP contribution in [0.1, 0.15) is 53.3 Å². The minimum atomic E-state index is 0.191. The van der Waals surface area contributed by atoms with Crippen molar-refractivity contribution in [3.63, 3.8) is 0 Å². The number of rotatable bonds is 3. The highest BCUT2D eigenvalue weighted by molar-refractivity contribution is 5.76. The molecule has 31 heavy (non-hydrogen) atoms. The number of pyridine rings is 1. The van der Waals surface area contributed by atoms with E-state index in [2.05, 4.69) is 52.4 Å². The summed E-state index contributed by atoms with van der Waals surface area (Å²) in [5.74, 6) is 0.904. The molecule has 5 heteroatoms. The topological polar surface area (TPSA) is 48.5 Å². The van der Waals surface area contributed by atoms with Crippen LogP contribution in [0.15, 0.2) is 36.5 Å². The Labute approximate surface area is 185 Å². The molecule has 0 radical (unpaired) electrons. The number of nitrogens with zero attached hydrogens (tertiary/aromatic N) is 3. The molecule has 1 aromatic carbocycles. The third kappa shape index (κ3) is 4.39. The summed E-state index contributed by atoms with van der Waals surface area (Å²) in [4.78, 5) is 22.4. The highest BCUT2D eigenvalue weighted by atomic mass is 16.2. The van der Waals surface area contributed by atoms with E-state index in [-0.39, 0.29) is 6.04 Å². The molecule has 3 aliphatic rings. The first-order valence-electron chi connectivity index (χ1n) is 11.9. The monoisotopic (exact) mass is 418 g/mol. The molecular formula is C26H34N4O. The summed E-state index contributed by atoms with van der Waals surface area (Å²) in [6, 6.07) is 11.4. The molecule has 1 N–H and O–H groups in total. The number of piperazine rings is 1. The first kappa shape index (κ1) is 20.7. The number of fused-ring (bicyclic) bond motifs is 2. The molecular weight excluding hydrogens is 384 g/mol. The summed E-state index contributed by atoms with van der Waals surface area (Å²) in [6.45, 7) is 7.75. The average molecular weight is 419 g/mol. The molecule has 2 fully saturated rings. The number of hydrogen-bond acceptors (Lipinski definition) is 4. The molecule has 0 spiro atoms. The second kappa shape index (κ2) is 9.09. The third-order valence-electron chi connectivity index (χ3n) is 7.40. The van der Waals surface area contributed by atoms with E-state index < -0.39 is 0 Å². The van der Waals surface area contributed by atoms with Gasteiger partial charge in [-0.15, -0.1) is 0 Å². The van der Waals surface area contributed by atoms with Gasteiger partial charge in [-0.2, -0.15) is 0 Å². The molecule has 1 atom stereocenters. The zero-order valence-corrected chi connectivity index (χ0v) is 18.6. The number of hydrogen-bond donors (Lipinski definition) is 1. The first-order valence-corrected chi connectivity index (χ1v) is 11.9. The van der Waals surface area contributed by atoms with Gasteiger partial charge in [0.05, 0.1) is 11.7 Å². The van der Waals surface area contributed by atoms with Crippen molar-refractivity contribution in [2.75, 3.05) is 39.3 Å². The summed E-state index contributed by atoms with van der Waals surface area (Å²) in [6.07, 6.45) is 7.03. The van der Waals surface area contributed by atoms with Crippen molar-refractivity contribution >= 4 is 5.91 Å². The SMILES string of the molecule is Cc1ccc2c(c1)CCc1cccnc1C2N1CCN(C(=O)CC2CCNCC2)CC1. The molecule has 2 saturated heterocycles. The van der Waals surface area contributed by atoms with Crippen LogP contribution in [0.25, 0.3) is 0 Å². The maximum absolute atomic E-state index is 12.9.